The van der Waals surface area contributed by atoms with E-state index >= 15 is 0 Å². The zero-order valence-corrected chi connectivity index (χ0v) is 12.1. The van der Waals surface area contributed by atoms with Crippen molar-refractivity contribution < 1.29 is 0 Å². The molecular weight excluding hydrogens is 278 g/mol. The molecule has 0 radical (unpaired) electrons. The van der Waals surface area contributed by atoms with Crippen LogP contribution in [0.4, 0.5) is 0 Å². The van der Waals surface area contributed by atoms with E-state index in [4.69, 9.17) is 0 Å². The molecular formula is C12H13N5O2S. The quantitative estimate of drug-likeness (QED) is 0.740. The van der Waals surface area contributed by atoms with Gasteiger partial charge in [-0.25, -0.2) is 14.8 Å². The van der Waals surface area contributed by atoms with E-state index < -0.39 is 11.2 Å². The predicted molar refractivity (Wildman–Crippen MR) is 77.2 cm³/mol. The van der Waals surface area contributed by atoms with Gasteiger partial charge in [0.1, 0.15) is 5.52 Å². The molecule has 0 aromatic carbocycles. The Hall–Kier alpha value is -2.22. The normalized spacial score (nSPS) is 11.3. The number of aromatic amines is 2. The number of thiazole rings is 1. The third kappa shape index (κ3) is 1.80. The standard InChI is InChI=1S/C12H13N5O2S/c1-4-17-10-7(11(18)16-12(17)19)14-9(15-10)8-5(2)13-6(3)20-8/h4H2,1-3H3,(H,14,15)(H,16,18,19). The maximum Gasteiger partial charge on any atom is 0.330 e. The number of aryl methyl sites for hydroxylation is 3. The van der Waals surface area contributed by atoms with Crippen molar-refractivity contribution in [2.24, 2.45) is 0 Å². The smallest absolute Gasteiger partial charge is 0.330 e. The zero-order chi connectivity index (χ0) is 14.4. The zero-order valence-electron chi connectivity index (χ0n) is 11.3. The molecule has 0 unspecified atom stereocenters. The highest BCUT2D eigenvalue weighted by Gasteiger charge is 2.16. The van der Waals surface area contributed by atoms with E-state index in [2.05, 4.69) is 19.9 Å². The van der Waals surface area contributed by atoms with Gasteiger partial charge >= 0.3 is 5.69 Å². The summed E-state index contributed by atoms with van der Waals surface area (Å²) in [5.41, 5.74) is 0.648. The van der Waals surface area contributed by atoms with Gasteiger partial charge in [-0.15, -0.1) is 11.3 Å². The van der Waals surface area contributed by atoms with Gasteiger partial charge in [0.15, 0.2) is 11.5 Å². The summed E-state index contributed by atoms with van der Waals surface area (Å²) in [5, 5.41) is 0.930. The van der Waals surface area contributed by atoms with Gasteiger partial charge in [-0.2, -0.15) is 0 Å². The Balaban J connectivity index is 2.36. The summed E-state index contributed by atoms with van der Waals surface area (Å²) >= 11 is 1.50. The first-order valence-corrected chi connectivity index (χ1v) is 7.00. The van der Waals surface area contributed by atoms with Gasteiger partial charge < -0.3 is 4.98 Å². The fraction of sp³-hybridized carbons (Fsp3) is 0.333. The lowest BCUT2D eigenvalue weighted by Gasteiger charge is -1.99. The average molecular weight is 291 g/mol. The van der Waals surface area contributed by atoms with Crippen molar-refractivity contribution in [2.75, 3.05) is 0 Å². The van der Waals surface area contributed by atoms with Crippen LogP contribution in [0.15, 0.2) is 9.59 Å². The van der Waals surface area contributed by atoms with Gasteiger partial charge in [-0.1, -0.05) is 0 Å². The minimum Gasteiger partial charge on any atom is -0.331 e. The van der Waals surface area contributed by atoms with Crippen molar-refractivity contribution in [1.82, 2.24) is 24.5 Å². The van der Waals surface area contributed by atoms with E-state index in [0.29, 0.717) is 23.5 Å². The molecule has 104 valence electrons. The minimum absolute atomic E-state index is 0.312. The lowest BCUT2D eigenvalue weighted by Crippen LogP contribution is -2.29. The second kappa shape index (κ2) is 4.41. The van der Waals surface area contributed by atoms with Crippen LogP contribution in [0.1, 0.15) is 17.6 Å². The SMILES string of the molecule is CCn1c(=O)[nH]c(=O)c2[nH]c(-c3sc(C)nc3C)nc21. The Kier molecular flexibility index (Phi) is 2.82. The molecule has 0 saturated heterocycles. The maximum absolute atomic E-state index is 11.9. The number of fused-ring (bicyclic) bond motifs is 1. The predicted octanol–water partition coefficient (Wildman–Crippen LogP) is 1.17. The van der Waals surface area contributed by atoms with E-state index in [1.165, 1.54) is 15.9 Å². The summed E-state index contributed by atoms with van der Waals surface area (Å²) in [5.74, 6) is 0.571. The highest BCUT2D eigenvalue weighted by molar-refractivity contribution is 7.15. The molecule has 3 heterocycles. The molecule has 0 atom stereocenters. The fourth-order valence-electron chi connectivity index (χ4n) is 2.19. The Morgan fingerprint density at radius 3 is 2.55 bits per heavy atom. The number of nitrogens with one attached hydrogen (secondary N) is 2. The molecule has 3 aromatic rings. The van der Waals surface area contributed by atoms with Crippen molar-refractivity contribution >= 4 is 22.5 Å². The van der Waals surface area contributed by atoms with Gasteiger partial charge in [0, 0.05) is 6.54 Å². The summed E-state index contributed by atoms with van der Waals surface area (Å²) in [7, 11) is 0. The molecule has 0 aliphatic rings. The molecule has 0 saturated carbocycles. The van der Waals surface area contributed by atoms with E-state index in [0.717, 1.165) is 15.6 Å². The summed E-state index contributed by atoms with van der Waals surface area (Å²) < 4.78 is 1.43. The molecule has 20 heavy (non-hydrogen) atoms. The van der Waals surface area contributed by atoms with E-state index in [1.807, 2.05) is 20.8 Å². The lowest BCUT2D eigenvalue weighted by molar-refractivity contribution is 0.720. The van der Waals surface area contributed by atoms with Gasteiger partial charge in [-0.3, -0.25) is 14.3 Å². The molecule has 0 aliphatic carbocycles. The third-order valence-corrected chi connectivity index (χ3v) is 4.15. The van der Waals surface area contributed by atoms with Crippen molar-refractivity contribution in [3.63, 3.8) is 0 Å². The Morgan fingerprint density at radius 2 is 1.95 bits per heavy atom. The van der Waals surface area contributed by atoms with E-state index in [9.17, 15) is 9.59 Å². The minimum atomic E-state index is -0.452. The summed E-state index contributed by atoms with van der Waals surface area (Å²) in [6.07, 6.45) is 0. The van der Waals surface area contributed by atoms with Crippen LogP contribution in [0, 0.1) is 13.8 Å². The monoisotopic (exact) mass is 291 g/mol. The molecule has 0 bridgehead atoms. The Labute approximate surface area is 117 Å². The highest BCUT2D eigenvalue weighted by Crippen LogP contribution is 2.28. The first-order chi connectivity index (χ1) is 9.51. The van der Waals surface area contributed by atoms with Gasteiger partial charge in [-0.05, 0) is 20.8 Å². The van der Waals surface area contributed by atoms with Crippen LogP contribution < -0.4 is 11.2 Å². The van der Waals surface area contributed by atoms with Crippen LogP contribution in [-0.2, 0) is 6.54 Å². The average Bonchev–Trinajstić information content (AvgIpc) is 2.93. The number of rotatable bonds is 2. The number of hydrogen-bond acceptors (Lipinski definition) is 5. The first kappa shape index (κ1) is 12.8. The second-order valence-electron chi connectivity index (χ2n) is 4.43. The molecule has 3 rings (SSSR count). The second-order valence-corrected chi connectivity index (χ2v) is 5.64. The Morgan fingerprint density at radius 1 is 1.20 bits per heavy atom. The molecule has 3 aromatic heterocycles. The van der Waals surface area contributed by atoms with Crippen molar-refractivity contribution in [2.45, 2.75) is 27.3 Å². The van der Waals surface area contributed by atoms with Crippen LogP contribution in [0.3, 0.4) is 0 Å². The number of aromatic nitrogens is 5. The fourth-order valence-corrected chi connectivity index (χ4v) is 3.06. The summed E-state index contributed by atoms with van der Waals surface area (Å²) in [6, 6.07) is 0. The molecule has 8 heteroatoms. The van der Waals surface area contributed by atoms with Gasteiger partial charge in [0.05, 0.1) is 15.6 Å². The first-order valence-electron chi connectivity index (χ1n) is 6.18. The molecule has 0 spiro atoms. The van der Waals surface area contributed by atoms with Crippen LogP contribution in [-0.4, -0.2) is 24.5 Å². The molecule has 0 amide bonds. The molecule has 0 fully saturated rings. The van der Waals surface area contributed by atoms with Crippen LogP contribution in [0.25, 0.3) is 21.9 Å². The number of hydrogen-bond donors (Lipinski definition) is 2. The summed E-state index contributed by atoms with van der Waals surface area (Å²) in [6.45, 7) is 6.08. The van der Waals surface area contributed by atoms with Crippen LogP contribution in [0.5, 0.6) is 0 Å². The molecule has 0 aliphatic heterocycles. The van der Waals surface area contributed by atoms with Crippen LogP contribution in [0.2, 0.25) is 0 Å². The van der Waals surface area contributed by atoms with Gasteiger partial charge in [0.25, 0.3) is 5.56 Å². The Bertz CT molecular complexity index is 914. The highest BCUT2D eigenvalue weighted by atomic mass is 32.1. The van der Waals surface area contributed by atoms with Crippen molar-refractivity contribution in [1.29, 1.82) is 0 Å². The van der Waals surface area contributed by atoms with Crippen LogP contribution >= 0.6 is 11.3 Å². The van der Waals surface area contributed by atoms with Crippen molar-refractivity contribution in [3.05, 3.63) is 31.5 Å². The largest absolute Gasteiger partial charge is 0.331 e. The van der Waals surface area contributed by atoms with Gasteiger partial charge in [0.2, 0.25) is 0 Å². The summed E-state index contributed by atoms with van der Waals surface area (Å²) in [4.78, 5) is 38.5. The number of imidazole rings is 1. The molecule has 7 nitrogen and oxygen atoms in total. The third-order valence-electron chi connectivity index (χ3n) is 3.07. The maximum atomic E-state index is 11.9. The number of H-pyrrole nitrogens is 2. The van der Waals surface area contributed by atoms with E-state index in [1.54, 1.807) is 0 Å². The van der Waals surface area contributed by atoms with Crippen molar-refractivity contribution in [3.8, 4) is 10.7 Å². The number of nitrogens with zero attached hydrogens (tertiary/aromatic N) is 3. The molecule has 2 N–H and O–H groups in total. The topological polar surface area (TPSA) is 96.4 Å². The van der Waals surface area contributed by atoms with E-state index in [-0.39, 0.29) is 0 Å². The lowest BCUT2D eigenvalue weighted by atomic mass is 10.4.